The van der Waals surface area contributed by atoms with Gasteiger partial charge in [-0.05, 0) is 12.8 Å². The highest BCUT2D eigenvalue weighted by Gasteiger charge is 1.88. The molecule has 1 N–H and O–H groups in total. The van der Waals surface area contributed by atoms with Crippen LogP contribution in [0.1, 0.15) is 19.8 Å². The zero-order valence-corrected chi connectivity index (χ0v) is 7.21. The van der Waals surface area contributed by atoms with E-state index in [0.29, 0.717) is 13.2 Å². The SMILES string of the molecule is CCCOCCCOCCO. The lowest BCUT2D eigenvalue weighted by Crippen LogP contribution is -2.04. The van der Waals surface area contributed by atoms with Crippen molar-refractivity contribution < 1.29 is 14.6 Å². The van der Waals surface area contributed by atoms with Crippen molar-refractivity contribution in [1.82, 2.24) is 0 Å². The first-order valence-corrected chi connectivity index (χ1v) is 4.18. The Balaban J connectivity index is 2.69. The Morgan fingerprint density at radius 1 is 1.00 bits per heavy atom. The minimum atomic E-state index is 0.107. The summed E-state index contributed by atoms with van der Waals surface area (Å²) >= 11 is 0. The molecule has 0 aromatic rings. The van der Waals surface area contributed by atoms with Crippen molar-refractivity contribution >= 4 is 0 Å². The predicted molar refractivity (Wildman–Crippen MR) is 43.6 cm³/mol. The summed E-state index contributed by atoms with van der Waals surface area (Å²) in [6, 6.07) is 0. The Labute approximate surface area is 68.3 Å². The van der Waals surface area contributed by atoms with E-state index in [1.807, 2.05) is 0 Å². The highest BCUT2D eigenvalue weighted by atomic mass is 16.5. The second-order valence-electron chi connectivity index (χ2n) is 2.30. The van der Waals surface area contributed by atoms with Crippen LogP contribution >= 0.6 is 0 Å². The summed E-state index contributed by atoms with van der Waals surface area (Å²) in [6.45, 7) is 4.91. The molecule has 0 rings (SSSR count). The summed E-state index contributed by atoms with van der Waals surface area (Å²) in [5.74, 6) is 0. The van der Waals surface area contributed by atoms with Crippen LogP contribution in [0.15, 0.2) is 0 Å². The van der Waals surface area contributed by atoms with Crippen LogP contribution < -0.4 is 0 Å². The third-order valence-corrected chi connectivity index (χ3v) is 1.16. The number of aliphatic hydroxyl groups excluding tert-OH is 1. The fraction of sp³-hybridized carbons (Fsp3) is 1.00. The highest BCUT2D eigenvalue weighted by Crippen LogP contribution is 1.86. The van der Waals surface area contributed by atoms with E-state index in [1.54, 1.807) is 0 Å². The molecule has 0 aliphatic heterocycles. The second kappa shape index (κ2) is 9.88. The molecule has 68 valence electrons. The topological polar surface area (TPSA) is 38.7 Å². The molecule has 0 aliphatic rings. The van der Waals surface area contributed by atoms with Gasteiger partial charge in [-0.2, -0.15) is 0 Å². The lowest BCUT2D eigenvalue weighted by Gasteiger charge is -2.02. The molecular weight excluding hydrogens is 144 g/mol. The van der Waals surface area contributed by atoms with Crippen LogP contribution in [0.25, 0.3) is 0 Å². The average Bonchev–Trinajstić information content (AvgIpc) is 2.03. The maximum absolute atomic E-state index is 8.35. The lowest BCUT2D eigenvalue weighted by atomic mass is 10.5. The Kier molecular flexibility index (Phi) is 9.77. The van der Waals surface area contributed by atoms with Crippen molar-refractivity contribution in [2.24, 2.45) is 0 Å². The van der Waals surface area contributed by atoms with Gasteiger partial charge in [0.1, 0.15) is 0 Å². The van der Waals surface area contributed by atoms with Crippen molar-refractivity contribution in [2.75, 3.05) is 33.0 Å². The van der Waals surface area contributed by atoms with Crippen molar-refractivity contribution in [1.29, 1.82) is 0 Å². The third-order valence-electron chi connectivity index (χ3n) is 1.16. The smallest absolute Gasteiger partial charge is 0.0697 e. The van der Waals surface area contributed by atoms with Crippen molar-refractivity contribution in [2.45, 2.75) is 19.8 Å². The van der Waals surface area contributed by atoms with Gasteiger partial charge >= 0.3 is 0 Å². The normalized spacial score (nSPS) is 10.4. The Hall–Kier alpha value is -0.120. The van der Waals surface area contributed by atoms with E-state index in [2.05, 4.69) is 6.92 Å². The molecule has 0 fully saturated rings. The van der Waals surface area contributed by atoms with E-state index in [9.17, 15) is 0 Å². The predicted octanol–water partition coefficient (Wildman–Crippen LogP) is 0.812. The number of aliphatic hydroxyl groups is 1. The molecule has 0 radical (unpaired) electrons. The van der Waals surface area contributed by atoms with Crippen LogP contribution in [0.2, 0.25) is 0 Å². The van der Waals surface area contributed by atoms with E-state index in [-0.39, 0.29) is 6.61 Å². The molecule has 3 nitrogen and oxygen atoms in total. The van der Waals surface area contributed by atoms with Gasteiger partial charge in [0.2, 0.25) is 0 Å². The zero-order valence-electron chi connectivity index (χ0n) is 7.21. The Morgan fingerprint density at radius 3 is 2.18 bits per heavy atom. The second-order valence-corrected chi connectivity index (χ2v) is 2.30. The van der Waals surface area contributed by atoms with Gasteiger partial charge in [-0.3, -0.25) is 0 Å². The molecule has 0 bridgehead atoms. The maximum Gasteiger partial charge on any atom is 0.0697 e. The van der Waals surface area contributed by atoms with Gasteiger partial charge < -0.3 is 14.6 Å². The molecule has 0 amide bonds. The van der Waals surface area contributed by atoms with E-state index < -0.39 is 0 Å². The monoisotopic (exact) mass is 162 g/mol. The molecule has 0 aromatic heterocycles. The van der Waals surface area contributed by atoms with Crippen LogP contribution in [0.3, 0.4) is 0 Å². The molecule has 0 saturated heterocycles. The summed E-state index contributed by atoms with van der Waals surface area (Å²) in [4.78, 5) is 0. The van der Waals surface area contributed by atoms with Gasteiger partial charge in [0.15, 0.2) is 0 Å². The quantitative estimate of drug-likeness (QED) is 0.537. The first-order chi connectivity index (χ1) is 5.41. The van der Waals surface area contributed by atoms with Gasteiger partial charge in [0.05, 0.1) is 13.2 Å². The maximum atomic E-state index is 8.35. The van der Waals surface area contributed by atoms with Crippen LogP contribution in [-0.2, 0) is 9.47 Å². The molecule has 0 saturated carbocycles. The Bertz CT molecular complexity index is 58.4. The molecule has 11 heavy (non-hydrogen) atoms. The summed E-state index contributed by atoms with van der Waals surface area (Å²) in [5.41, 5.74) is 0. The van der Waals surface area contributed by atoms with Crippen molar-refractivity contribution in [3.8, 4) is 0 Å². The molecule has 0 aromatic carbocycles. The third kappa shape index (κ3) is 9.88. The number of rotatable bonds is 8. The first-order valence-electron chi connectivity index (χ1n) is 4.18. The minimum absolute atomic E-state index is 0.107. The number of ether oxygens (including phenoxy) is 2. The summed E-state index contributed by atoms with van der Waals surface area (Å²) in [5, 5.41) is 8.35. The fourth-order valence-electron chi connectivity index (χ4n) is 0.676. The average molecular weight is 162 g/mol. The molecule has 0 aliphatic carbocycles. The van der Waals surface area contributed by atoms with E-state index in [4.69, 9.17) is 14.6 Å². The largest absolute Gasteiger partial charge is 0.394 e. The fourth-order valence-corrected chi connectivity index (χ4v) is 0.676. The van der Waals surface area contributed by atoms with Crippen LogP contribution in [0.5, 0.6) is 0 Å². The van der Waals surface area contributed by atoms with Crippen LogP contribution in [0.4, 0.5) is 0 Å². The summed E-state index contributed by atoms with van der Waals surface area (Å²) in [6.07, 6.45) is 1.98. The van der Waals surface area contributed by atoms with E-state index in [0.717, 1.165) is 26.1 Å². The van der Waals surface area contributed by atoms with E-state index >= 15 is 0 Å². The zero-order chi connectivity index (χ0) is 8.36. The molecule has 3 heteroatoms. The molecular formula is C8H18O3. The highest BCUT2D eigenvalue weighted by molar-refractivity contribution is 4.34. The lowest BCUT2D eigenvalue weighted by molar-refractivity contribution is 0.0640. The number of hydrogen-bond acceptors (Lipinski definition) is 3. The number of hydrogen-bond donors (Lipinski definition) is 1. The Morgan fingerprint density at radius 2 is 1.64 bits per heavy atom. The first kappa shape index (κ1) is 10.9. The van der Waals surface area contributed by atoms with Gasteiger partial charge in [-0.25, -0.2) is 0 Å². The molecule has 0 spiro atoms. The van der Waals surface area contributed by atoms with Gasteiger partial charge in [-0.1, -0.05) is 6.92 Å². The summed E-state index contributed by atoms with van der Waals surface area (Å²) in [7, 11) is 0. The van der Waals surface area contributed by atoms with Gasteiger partial charge in [-0.15, -0.1) is 0 Å². The standard InChI is InChI=1S/C8H18O3/c1-2-5-10-6-3-7-11-8-4-9/h9H,2-8H2,1H3. The van der Waals surface area contributed by atoms with Crippen molar-refractivity contribution in [3.05, 3.63) is 0 Å². The van der Waals surface area contributed by atoms with Crippen LogP contribution in [-0.4, -0.2) is 38.1 Å². The van der Waals surface area contributed by atoms with Gasteiger partial charge in [0, 0.05) is 19.8 Å². The molecule has 0 unspecified atom stereocenters. The van der Waals surface area contributed by atoms with E-state index in [1.165, 1.54) is 0 Å². The molecule has 0 heterocycles. The van der Waals surface area contributed by atoms with Crippen LogP contribution in [0, 0.1) is 0 Å². The molecule has 0 atom stereocenters. The van der Waals surface area contributed by atoms with Gasteiger partial charge in [0.25, 0.3) is 0 Å². The van der Waals surface area contributed by atoms with Crippen molar-refractivity contribution in [3.63, 3.8) is 0 Å². The summed E-state index contributed by atoms with van der Waals surface area (Å²) < 4.78 is 10.3. The minimum Gasteiger partial charge on any atom is -0.394 e.